The number of hydrogen-bond donors (Lipinski definition) is 1. The predicted octanol–water partition coefficient (Wildman–Crippen LogP) is 3.39. The molecule has 0 radical (unpaired) electrons. The maximum atomic E-state index is 12.7. The number of ether oxygens (including phenoxy) is 1. The number of benzene rings is 1. The fraction of sp³-hybridized carbons (Fsp3) is 0.600. The van der Waals surface area contributed by atoms with Gasteiger partial charge in [-0.25, -0.2) is 4.79 Å². The highest BCUT2D eigenvalue weighted by Crippen LogP contribution is 2.35. The van der Waals surface area contributed by atoms with E-state index in [1.807, 2.05) is 20.8 Å². The molecule has 2 atom stereocenters. The van der Waals surface area contributed by atoms with Crippen molar-refractivity contribution < 1.29 is 14.3 Å². The third-order valence-electron chi connectivity index (χ3n) is 5.39. The Morgan fingerprint density at radius 3 is 2.38 bits per heavy atom. The second-order valence-electron chi connectivity index (χ2n) is 7.21. The minimum Gasteiger partial charge on any atom is -0.467 e. The molecule has 1 aliphatic carbocycles. The Morgan fingerprint density at radius 1 is 1.21 bits per heavy atom. The number of methoxy groups -OCH3 is 1. The lowest BCUT2D eigenvalue weighted by atomic mass is 9.73. The van der Waals surface area contributed by atoms with Crippen LogP contribution in [0.25, 0.3) is 0 Å². The lowest BCUT2D eigenvalue weighted by molar-refractivity contribution is -0.155. The molecule has 2 unspecified atom stereocenters. The minimum absolute atomic E-state index is 0.0860. The maximum absolute atomic E-state index is 12.7. The largest absolute Gasteiger partial charge is 0.467 e. The smallest absolute Gasteiger partial charge is 0.331 e. The van der Waals surface area contributed by atoms with E-state index in [-0.39, 0.29) is 17.8 Å². The van der Waals surface area contributed by atoms with Gasteiger partial charge in [-0.3, -0.25) is 4.79 Å². The lowest BCUT2D eigenvalue weighted by Gasteiger charge is -2.40. The summed E-state index contributed by atoms with van der Waals surface area (Å²) in [6.45, 7) is 8.14. The van der Waals surface area contributed by atoms with Gasteiger partial charge >= 0.3 is 5.97 Å². The van der Waals surface area contributed by atoms with Crippen LogP contribution in [0, 0.1) is 26.7 Å². The number of esters is 1. The van der Waals surface area contributed by atoms with E-state index in [1.54, 1.807) is 0 Å². The fourth-order valence-electron chi connectivity index (χ4n) is 4.01. The van der Waals surface area contributed by atoms with Crippen molar-refractivity contribution in [2.75, 3.05) is 7.11 Å². The van der Waals surface area contributed by atoms with Crippen molar-refractivity contribution in [3.8, 4) is 0 Å². The summed E-state index contributed by atoms with van der Waals surface area (Å²) < 4.78 is 5.02. The Hall–Kier alpha value is -1.84. The molecule has 1 N–H and O–H groups in total. The summed E-state index contributed by atoms with van der Waals surface area (Å²) >= 11 is 0. The van der Waals surface area contributed by atoms with Crippen LogP contribution in [0.1, 0.15) is 54.9 Å². The van der Waals surface area contributed by atoms with Gasteiger partial charge in [-0.1, -0.05) is 37.5 Å². The van der Waals surface area contributed by atoms with E-state index in [0.717, 1.165) is 36.0 Å². The van der Waals surface area contributed by atoms with Crippen LogP contribution in [0.3, 0.4) is 0 Å². The molecule has 0 saturated heterocycles. The number of hydrogen-bond acceptors (Lipinski definition) is 3. The molecule has 1 aromatic carbocycles. The molecule has 1 amide bonds. The number of carbonyl (C=O) groups excluding carboxylic acids is 2. The molecule has 24 heavy (non-hydrogen) atoms. The highest BCUT2D eigenvalue weighted by Gasteiger charge is 2.47. The molecule has 4 nitrogen and oxygen atoms in total. The first-order valence-corrected chi connectivity index (χ1v) is 8.76. The Bertz CT molecular complexity index is 615. The molecule has 1 saturated carbocycles. The van der Waals surface area contributed by atoms with Crippen LogP contribution in [-0.4, -0.2) is 24.5 Å². The van der Waals surface area contributed by atoms with Crippen LogP contribution in [0.5, 0.6) is 0 Å². The Kier molecular flexibility index (Phi) is 5.68. The van der Waals surface area contributed by atoms with Crippen LogP contribution < -0.4 is 5.32 Å². The molecule has 4 heteroatoms. The van der Waals surface area contributed by atoms with Crippen molar-refractivity contribution in [1.29, 1.82) is 0 Å². The van der Waals surface area contributed by atoms with Crippen LogP contribution in [0.2, 0.25) is 0 Å². The monoisotopic (exact) mass is 331 g/mol. The van der Waals surface area contributed by atoms with E-state index in [9.17, 15) is 9.59 Å². The topological polar surface area (TPSA) is 55.4 Å². The molecular weight excluding hydrogens is 302 g/mol. The van der Waals surface area contributed by atoms with E-state index in [0.29, 0.717) is 12.8 Å². The molecule has 1 aromatic rings. The van der Waals surface area contributed by atoms with E-state index in [1.165, 1.54) is 12.7 Å². The summed E-state index contributed by atoms with van der Waals surface area (Å²) in [5.41, 5.74) is 3.59. The summed E-state index contributed by atoms with van der Waals surface area (Å²) in [6, 6.07) is 4.18. The normalized spacial score (nSPS) is 23.6. The molecule has 0 spiro atoms. The summed E-state index contributed by atoms with van der Waals surface area (Å²) in [7, 11) is 1.39. The SMILES string of the molecule is COC(=O)C1(NC(=O)Cc2c(C)cc(C)cc2C)CCCCC1C. The van der Waals surface area contributed by atoms with Crippen LogP contribution in [0.4, 0.5) is 0 Å². The lowest BCUT2D eigenvalue weighted by Crippen LogP contribution is -2.60. The van der Waals surface area contributed by atoms with Gasteiger partial charge in [0.1, 0.15) is 5.54 Å². The molecule has 1 fully saturated rings. The summed E-state index contributed by atoms with van der Waals surface area (Å²) in [5, 5.41) is 3.04. The van der Waals surface area contributed by atoms with Crippen LogP contribution in [-0.2, 0) is 20.7 Å². The first-order valence-electron chi connectivity index (χ1n) is 8.76. The van der Waals surface area contributed by atoms with Gasteiger partial charge < -0.3 is 10.1 Å². The summed E-state index contributed by atoms with van der Waals surface area (Å²) in [5.74, 6) is -0.340. The molecule has 1 aliphatic rings. The minimum atomic E-state index is -0.878. The number of amides is 1. The van der Waals surface area contributed by atoms with Crippen molar-refractivity contribution >= 4 is 11.9 Å². The van der Waals surface area contributed by atoms with E-state index in [4.69, 9.17) is 4.74 Å². The number of nitrogens with one attached hydrogen (secondary N) is 1. The zero-order chi connectivity index (χ0) is 17.9. The molecule has 0 heterocycles. The van der Waals surface area contributed by atoms with Crippen molar-refractivity contribution in [3.05, 3.63) is 34.4 Å². The zero-order valence-electron chi connectivity index (χ0n) is 15.5. The molecule has 0 aromatic heterocycles. The molecule has 0 aliphatic heterocycles. The Labute approximate surface area is 145 Å². The number of aryl methyl sites for hydroxylation is 3. The van der Waals surface area contributed by atoms with E-state index >= 15 is 0 Å². The predicted molar refractivity (Wildman–Crippen MR) is 94.9 cm³/mol. The van der Waals surface area contributed by atoms with Gasteiger partial charge in [-0.15, -0.1) is 0 Å². The summed E-state index contributed by atoms with van der Waals surface area (Å²) in [6.07, 6.45) is 3.90. The fourth-order valence-corrected chi connectivity index (χ4v) is 4.01. The standard InChI is InChI=1S/C20H29NO3/c1-13-10-14(2)17(15(3)11-13)12-18(22)21-20(19(23)24-5)9-7-6-8-16(20)4/h10-11,16H,6-9,12H2,1-5H3,(H,21,22). The summed E-state index contributed by atoms with van der Waals surface area (Å²) in [4.78, 5) is 25.2. The maximum Gasteiger partial charge on any atom is 0.331 e. The molecule has 2 rings (SSSR count). The van der Waals surface area contributed by atoms with E-state index in [2.05, 4.69) is 24.4 Å². The van der Waals surface area contributed by atoms with Crippen LogP contribution in [0.15, 0.2) is 12.1 Å². The average molecular weight is 331 g/mol. The first-order chi connectivity index (χ1) is 11.3. The number of carbonyl (C=O) groups is 2. The molecular formula is C20H29NO3. The highest BCUT2D eigenvalue weighted by atomic mass is 16.5. The quantitative estimate of drug-likeness (QED) is 0.861. The highest BCUT2D eigenvalue weighted by molar-refractivity contribution is 5.89. The van der Waals surface area contributed by atoms with Crippen molar-refractivity contribution in [2.24, 2.45) is 5.92 Å². The van der Waals surface area contributed by atoms with Gasteiger partial charge in [0.15, 0.2) is 0 Å². The third kappa shape index (κ3) is 3.63. The van der Waals surface area contributed by atoms with Gasteiger partial charge in [0.05, 0.1) is 13.5 Å². The molecule has 0 bridgehead atoms. The van der Waals surface area contributed by atoms with E-state index < -0.39 is 5.54 Å². The third-order valence-corrected chi connectivity index (χ3v) is 5.39. The van der Waals surface area contributed by atoms with Gasteiger partial charge in [0.2, 0.25) is 5.91 Å². The van der Waals surface area contributed by atoms with Gasteiger partial charge in [0.25, 0.3) is 0 Å². The Morgan fingerprint density at radius 2 is 1.83 bits per heavy atom. The van der Waals surface area contributed by atoms with Crippen molar-refractivity contribution in [3.63, 3.8) is 0 Å². The van der Waals surface area contributed by atoms with Gasteiger partial charge in [-0.2, -0.15) is 0 Å². The van der Waals surface area contributed by atoms with Crippen molar-refractivity contribution in [1.82, 2.24) is 5.32 Å². The van der Waals surface area contributed by atoms with Crippen LogP contribution >= 0.6 is 0 Å². The first kappa shape index (κ1) is 18.5. The Balaban J connectivity index is 2.22. The van der Waals surface area contributed by atoms with Crippen molar-refractivity contribution in [2.45, 2.75) is 65.3 Å². The average Bonchev–Trinajstić information content (AvgIpc) is 2.52. The zero-order valence-corrected chi connectivity index (χ0v) is 15.5. The number of rotatable bonds is 4. The molecule has 132 valence electrons. The second kappa shape index (κ2) is 7.37. The van der Waals surface area contributed by atoms with Gasteiger partial charge in [0, 0.05) is 0 Å². The van der Waals surface area contributed by atoms with Gasteiger partial charge in [-0.05, 0) is 56.2 Å². The second-order valence-corrected chi connectivity index (χ2v) is 7.21.